The highest BCUT2D eigenvalue weighted by molar-refractivity contribution is 7.45. The largest absolute Gasteiger partial charge is 0.756 e. The molecule has 586 valence electrons. The Bertz CT molecular complexity index is 1920. The third-order valence-corrected chi connectivity index (χ3v) is 20.7. The predicted octanol–water partition coefficient (Wildman–Crippen LogP) is 28.8. The summed E-state index contributed by atoms with van der Waals surface area (Å²) in [6.45, 7) is 4.19. The van der Waals surface area contributed by atoms with Crippen molar-refractivity contribution >= 4 is 19.8 Å². The van der Waals surface area contributed by atoms with Crippen LogP contribution in [0.3, 0.4) is 0 Å². The number of hydrogen-bond donors (Lipinski definition) is 0. The number of ether oxygens (including phenoxy) is 2. The van der Waals surface area contributed by atoms with Crippen molar-refractivity contribution in [3.05, 3.63) is 72.9 Å². The second kappa shape index (κ2) is 80.5. The van der Waals surface area contributed by atoms with Crippen molar-refractivity contribution in [2.45, 2.75) is 444 Å². The second-order valence-corrected chi connectivity index (χ2v) is 32.3. The molecule has 9 nitrogen and oxygen atoms in total. The highest BCUT2D eigenvalue weighted by atomic mass is 31.2. The lowest BCUT2D eigenvalue weighted by molar-refractivity contribution is -0.870. The Balaban J connectivity index is 3.86. The van der Waals surface area contributed by atoms with E-state index in [1.54, 1.807) is 0 Å². The third kappa shape index (κ3) is 84.4. The van der Waals surface area contributed by atoms with Gasteiger partial charge in [-0.1, -0.05) is 414 Å². The number of hydrogen-bond acceptors (Lipinski definition) is 8. The van der Waals surface area contributed by atoms with E-state index in [1.165, 1.54) is 340 Å². The number of phosphoric ester groups is 1. The molecule has 0 aromatic heterocycles. The summed E-state index contributed by atoms with van der Waals surface area (Å²) in [7, 11) is 1.19. The van der Waals surface area contributed by atoms with Gasteiger partial charge in [0.1, 0.15) is 19.8 Å². The van der Waals surface area contributed by atoms with Crippen LogP contribution in [0.4, 0.5) is 0 Å². The molecule has 0 spiro atoms. The van der Waals surface area contributed by atoms with Crippen LogP contribution in [0.5, 0.6) is 0 Å². The van der Waals surface area contributed by atoms with Crippen molar-refractivity contribution in [3.8, 4) is 0 Å². The van der Waals surface area contributed by atoms with Crippen molar-refractivity contribution in [2.24, 2.45) is 0 Å². The maximum atomic E-state index is 12.9. The van der Waals surface area contributed by atoms with E-state index in [9.17, 15) is 19.0 Å². The molecule has 100 heavy (non-hydrogen) atoms. The minimum atomic E-state index is -4.65. The Kier molecular flexibility index (Phi) is 78.5. The molecule has 10 heteroatoms. The minimum absolute atomic E-state index is 0.0281. The van der Waals surface area contributed by atoms with E-state index in [1.807, 2.05) is 21.1 Å². The minimum Gasteiger partial charge on any atom is -0.756 e. The molecule has 0 saturated carbocycles. The number of nitrogens with zero attached hydrogens (tertiary/aromatic N) is 1. The number of quaternary nitrogens is 1. The van der Waals surface area contributed by atoms with Gasteiger partial charge in [0.2, 0.25) is 0 Å². The first kappa shape index (κ1) is 97.4. The van der Waals surface area contributed by atoms with Gasteiger partial charge in [0.25, 0.3) is 7.82 Å². The van der Waals surface area contributed by atoms with Gasteiger partial charge in [0.05, 0.1) is 27.7 Å². The average molecular weight is 1420 g/mol. The van der Waals surface area contributed by atoms with Crippen molar-refractivity contribution in [1.82, 2.24) is 0 Å². The van der Waals surface area contributed by atoms with Crippen LogP contribution in [0.25, 0.3) is 0 Å². The summed E-state index contributed by atoms with van der Waals surface area (Å²) in [5, 5.41) is 0. The van der Waals surface area contributed by atoms with Crippen LogP contribution in [-0.2, 0) is 32.7 Å². The fraction of sp³-hybridized carbons (Fsp3) is 0.844. The molecule has 0 aliphatic carbocycles. The lowest BCUT2D eigenvalue weighted by Crippen LogP contribution is -2.37. The topological polar surface area (TPSA) is 111 Å². The van der Waals surface area contributed by atoms with Crippen molar-refractivity contribution in [2.75, 3.05) is 47.5 Å². The highest BCUT2D eigenvalue weighted by Crippen LogP contribution is 2.38. The first-order valence-electron chi connectivity index (χ1n) is 43.6. The zero-order chi connectivity index (χ0) is 72.5. The SMILES string of the molecule is CC/C=C\C/C=C\C/C=C\C/C=C\CCCCCCCCCCCCCCCCCCCCCCCCCCCCC(=O)OC(COC(=O)CCCCCCCCCCCCCCCCCCCCCCCCCCC/C=C\C/C=C\CCCCCCC)COP(=O)([O-])OCC[N+](C)(C)C. The van der Waals surface area contributed by atoms with E-state index in [4.69, 9.17) is 18.5 Å². The molecule has 2 atom stereocenters. The number of rotatable bonds is 82. The summed E-state index contributed by atoms with van der Waals surface area (Å²) in [6, 6.07) is 0. The average Bonchev–Trinajstić information content (AvgIpc) is 1.07. The van der Waals surface area contributed by atoms with Gasteiger partial charge in [0, 0.05) is 12.8 Å². The van der Waals surface area contributed by atoms with Gasteiger partial charge < -0.3 is 27.9 Å². The van der Waals surface area contributed by atoms with E-state index in [0.29, 0.717) is 17.4 Å². The molecule has 0 radical (unpaired) electrons. The number of phosphoric acid groups is 1. The Hall–Kier alpha value is -2.55. The molecule has 0 bridgehead atoms. The summed E-state index contributed by atoms with van der Waals surface area (Å²) in [4.78, 5) is 38.2. The van der Waals surface area contributed by atoms with Crippen LogP contribution >= 0.6 is 7.82 Å². The number of carbonyl (C=O) groups is 2. The van der Waals surface area contributed by atoms with Crippen LogP contribution in [0.2, 0.25) is 0 Å². The monoisotopic (exact) mass is 1420 g/mol. The number of unbranched alkanes of at least 4 members (excludes halogenated alkanes) is 56. The third-order valence-electron chi connectivity index (χ3n) is 19.7. The molecular formula is C90H168NO8P. The lowest BCUT2D eigenvalue weighted by atomic mass is 10.0. The number of esters is 2. The van der Waals surface area contributed by atoms with Gasteiger partial charge in [0.15, 0.2) is 6.10 Å². The molecule has 0 aromatic carbocycles. The maximum Gasteiger partial charge on any atom is 0.306 e. The van der Waals surface area contributed by atoms with Crippen LogP contribution in [0, 0.1) is 0 Å². The second-order valence-electron chi connectivity index (χ2n) is 30.9. The molecule has 0 saturated heterocycles. The van der Waals surface area contributed by atoms with Crippen LogP contribution in [0.1, 0.15) is 438 Å². The van der Waals surface area contributed by atoms with Gasteiger partial charge in [-0.05, 0) is 83.5 Å². The van der Waals surface area contributed by atoms with Crippen molar-refractivity contribution in [1.29, 1.82) is 0 Å². The van der Waals surface area contributed by atoms with Gasteiger partial charge in [-0.2, -0.15) is 0 Å². The van der Waals surface area contributed by atoms with Crippen molar-refractivity contribution < 1.29 is 42.1 Å². The molecule has 0 amide bonds. The summed E-state index contributed by atoms with van der Waals surface area (Å²) in [6.07, 6.45) is 111. The zero-order valence-corrected chi connectivity index (χ0v) is 68.1. The first-order chi connectivity index (χ1) is 49.0. The molecule has 0 fully saturated rings. The molecule has 0 heterocycles. The van der Waals surface area contributed by atoms with Crippen molar-refractivity contribution in [3.63, 3.8) is 0 Å². The summed E-state index contributed by atoms with van der Waals surface area (Å²) in [5.41, 5.74) is 0. The van der Waals surface area contributed by atoms with E-state index in [-0.39, 0.29) is 32.0 Å². The van der Waals surface area contributed by atoms with E-state index in [0.717, 1.165) is 64.2 Å². The van der Waals surface area contributed by atoms with E-state index >= 15 is 0 Å². The Morgan fingerprint density at radius 1 is 0.320 bits per heavy atom. The molecule has 0 aliphatic heterocycles. The van der Waals surface area contributed by atoms with Crippen LogP contribution in [-0.4, -0.2) is 70.0 Å². The maximum absolute atomic E-state index is 12.9. The van der Waals surface area contributed by atoms with Gasteiger partial charge in [-0.3, -0.25) is 14.2 Å². The zero-order valence-electron chi connectivity index (χ0n) is 67.2. The van der Waals surface area contributed by atoms with Crippen LogP contribution in [0.15, 0.2) is 72.9 Å². The smallest absolute Gasteiger partial charge is 0.306 e. The predicted molar refractivity (Wildman–Crippen MR) is 434 cm³/mol. The molecule has 0 aliphatic rings. The van der Waals surface area contributed by atoms with Crippen LogP contribution < -0.4 is 4.89 Å². The Morgan fingerprint density at radius 3 is 0.850 bits per heavy atom. The quantitative estimate of drug-likeness (QED) is 0.0195. The summed E-state index contributed by atoms with van der Waals surface area (Å²) in [5.74, 6) is -0.807. The molecular weight excluding hydrogens is 1250 g/mol. The number of likely N-dealkylation sites (N-methyl/N-ethyl adjacent to an activating group) is 1. The Morgan fingerprint density at radius 2 is 0.570 bits per heavy atom. The molecule has 2 unspecified atom stereocenters. The fourth-order valence-corrected chi connectivity index (χ4v) is 13.8. The molecule has 0 N–H and O–H groups in total. The van der Waals surface area contributed by atoms with E-state index in [2.05, 4.69) is 86.8 Å². The first-order valence-corrected chi connectivity index (χ1v) is 45.1. The summed E-state index contributed by atoms with van der Waals surface area (Å²) < 4.78 is 34.5. The van der Waals surface area contributed by atoms with Gasteiger partial charge in [-0.25, -0.2) is 0 Å². The number of carbonyl (C=O) groups excluding carboxylic acids is 2. The highest BCUT2D eigenvalue weighted by Gasteiger charge is 2.22. The normalized spacial score (nSPS) is 13.3. The van der Waals surface area contributed by atoms with E-state index < -0.39 is 26.5 Å². The molecule has 0 rings (SSSR count). The number of allylic oxidation sites excluding steroid dienone is 12. The fourth-order valence-electron chi connectivity index (χ4n) is 13.1. The van der Waals surface area contributed by atoms with Gasteiger partial charge >= 0.3 is 11.9 Å². The lowest BCUT2D eigenvalue weighted by Gasteiger charge is -2.28. The summed E-state index contributed by atoms with van der Waals surface area (Å²) >= 11 is 0. The van der Waals surface area contributed by atoms with Gasteiger partial charge in [-0.15, -0.1) is 0 Å². The molecule has 0 aromatic rings. The Labute approximate surface area is 622 Å². The standard InChI is InChI=1S/C90H168NO8P/c1-6-8-10-12-14-16-18-20-22-24-26-28-30-32-34-36-38-40-42-44-45-47-49-51-53-55-57-59-61-63-65-67-69-71-73-75-77-79-81-83-90(93)99-88(87-98-100(94,95)97-85-84-91(3,4)5)86-96-89(92)82-80-78-76-74-72-70-68-66-64-62-60-58-56-54-52-50-48-46-43-41-39-37-35-33-31-29-27-25-23-21-19-17-15-13-11-9-7-2/h8,10,14,16,19-22,25-28,88H,6-7,9,11-13,15,17-18,23-24,29-87H2,1-5H3/b10-8-,16-14-,21-19-,22-20-,27-25-,28-26-.